The monoisotopic (exact) mass is 274 g/mol. The highest BCUT2D eigenvalue weighted by Gasteiger charge is 2.13. The van der Waals surface area contributed by atoms with Crippen molar-refractivity contribution in [3.8, 4) is 5.75 Å². The number of carbonyl (C=O) groups excluding carboxylic acids is 1. The van der Waals surface area contributed by atoms with Crippen LogP contribution in [-0.2, 0) is 0 Å². The van der Waals surface area contributed by atoms with Gasteiger partial charge in [-0.2, -0.15) is 5.10 Å². The molecular formula is C14H18N4O2. The first-order chi connectivity index (χ1) is 9.72. The molecule has 6 nitrogen and oxygen atoms in total. The van der Waals surface area contributed by atoms with E-state index in [-0.39, 0.29) is 11.7 Å². The van der Waals surface area contributed by atoms with Gasteiger partial charge in [-0.15, -0.1) is 0 Å². The fraction of sp³-hybridized carbons (Fsp3) is 0.286. The minimum absolute atomic E-state index is 0.242. The van der Waals surface area contributed by atoms with Crippen LogP contribution in [0.5, 0.6) is 5.75 Å². The van der Waals surface area contributed by atoms with Crippen molar-refractivity contribution in [1.82, 2.24) is 10.2 Å². The fourth-order valence-corrected chi connectivity index (χ4v) is 1.69. The number of anilines is 2. The topological polar surface area (TPSA) is 93.0 Å². The van der Waals surface area contributed by atoms with Crippen LogP contribution in [0.15, 0.2) is 30.5 Å². The van der Waals surface area contributed by atoms with Gasteiger partial charge in [0.2, 0.25) is 0 Å². The van der Waals surface area contributed by atoms with Crippen LogP contribution in [0.1, 0.15) is 30.1 Å². The molecule has 6 heteroatoms. The summed E-state index contributed by atoms with van der Waals surface area (Å²) in [6, 6.07) is 7.31. The number of H-pyrrole nitrogens is 1. The molecule has 0 atom stereocenters. The van der Waals surface area contributed by atoms with E-state index in [1.807, 2.05) is 18.2 Å². The third-order valence-electron chi connectivity index (χ3n) is 2.80. The summed E-state index contributed by atoms with van der Waals surface area (Å²) in [4.78, 5) is 12.1. The van der Waals surface area contributed by atoms with Crippen molar-refractivity contribution in [2.75, 3.05) is 17.7 Å². The second-order valence-electron chi connectivity index (χ2n) is 4.35. The van der Waals surface area contributed by atoms with E-state index in [2.05, 4.69) is 22.4 Å². The van der Waals surface area contributed by atoms with Gasteiger partial charge >= 0.3 is 0 Å². The Kier molecular flexibility index (Phi) is 4.60. The molecule has 0 bridgehead atoms. The summed E-state index contributed by atoms with van der Waals surface area (Å²) >= 11 is 0. The summed E-state index contributed by atoms with van der Waals surface area (Å²) in [6.07, 6.45) is 3.42. The number of unbranched alkanes of at least 4 members (excludes halogenated alkanes) is 1. The largest absolute Gasteiger partial charge is 0.491 e. The molecule has 0 aliphatic rings. The molecule has 0 radical (unpaired) electrons. The van der Waals surface area contributed by atoms with Gasteiger partial charge in [-0.3, -0.25) is 9.89 Å². The zero-order valence-electron chi connectivity index (χ0n) is 11.3. The average Bonchev–Trinajstić information content (AvgIpc) is 2.87. The maximum Gasteiger partial charge on any atom is 0.261 e. The van der Waals surface area contributed by atoms with E-state index in [4.69, 9.17) is 10.5 Å². The van der Waals surface area contributed by atoms with Crippen LogP contribution >= 0.6 is 0 Å². The van der Waals surface area contributed by atoms with Crippen LogP contribution < -0.4 is 15.8 Å². The number of aromatic nitrogens is 2. The zero-order valence-corrected chi connectivity index (χ0v) is 11.3. The van der Waals surface area contributed by atoms with Crippen molar-refractivity contribution in [1.29, 1.82) is 0 Å². The van der Waals surface area contributed by atoms with E-state index in [9.17, 15) is 4.79 Å². The number of carbonyl (C=O) groups is 1. The molecule has 106 valence electrons. The second kappa shape index (κ2) is 6.60. The van der Waals surface area contributed by atoms with Gasteiger partial charge in [-0.05, 0) is 18.6 Å². The Labute approximate surface area is 117 Å². The lowest BCUT2D eigenvalue weighted by Gasteiger charge is -2.11. The average molecular weight is 274 g/mol. The molecule has 2 aromatic rings. The molecule has 4 N–H and O–H groups in total. The SMILES string of the molecule is CCCCOc1ccccc1NC(=O)c1cn[nH]c1N. The molecule has 0 spiro atoms. The predicted octanol–water partition coefficient (Wildman–Crippen LogP) is 2.42. The normalized spacial score (nSPS) is 10.2. The zero-order chi connectivity index (χ0) is 14.4. The number of nitrogens with zero attached hydrogens (tertiary/aromatic N) is 1. The minimum Gasteiger partial charge on any atom is -0.491 e. The van der Waals surface area contributed by atoms with Crippen LogP contribution in [-0.4, -0.2) is 22.7 Å². The number of amides is 1. The Morgan fingerprint density at radius 3 is 2.95 bits per heavy atom. The molecule has 2 rings (SSSR count). The van der Waals surface area contributed by atoms with Gasteiger partial charge in [0, 0.05) is 0 Å². The van der Waals surface area contributed by atoms with Crippen molar-refractivity contribution >= 4 is 17.4 Å². The number of hydrogen-bond donors (Lipinski definition) is 3. The molecule has 1 aromatic heterocycles. The second-order valence-corrected chi connectivity index (χ2v) is 4.35. The van der Waals surface area contributed by atoms with Gasteiger partial charge in [0.15, 0.2) is 0 Å². The number of ether oxygens (including phenoxy) is 1. The van der Waals surface area contributed by atoms with Crippen molar-refractivity contribution in [3.63, 3.8) is 0 Å². The first kappa shape index (κ1) is 13.9. The standard InChI is InChI=1S/C14H18N4O2/c1-2-3-8-20-12-7-5-4-6-11(12)17-14(19)10-9-16-18-13(10)15/h4-7,9H,2-3,8H2,1H3,(H,17,19)(H3,15,16,18). The predicted molar refractivity (Wildman–Crippen MR) is 77.8 cm³/mol. The molecule has 20 heavy (non-hydrogen) atoms. The first-order valence-corrected chi connectivity index (χ1v) is 6.54. The van der Waals surface area contributed by atoms with Crippen molar-refractivity contribution in [2.24, 2.45) is 0 Å². The minimum atomic E-state index is -0.317. The van der Waals surface area contributed by atoms with Crippen LogP contribution in [0.25, 0.3) is 0 Å². The maximum atomic E-state index is 12.1. The smallest absolute Gasteiger partial charge is 0.261 e. The molecule has 0 fully saturated rings. The number of rotatable bonds is 6. The molecule has 0 aliphatic heterocycles. The molecule has 1 heterocycles. The molecule has 1 aromatic carbocycles. The van der Waals surface area contributed by atoms with Crippen molar-refractivity contribution < 1.29 is 9.53 Å². The van der Waals surface area contributed by atoms with Crippen LogP contribution in [0.2, 0.25) is 0 Å². The van der Waals surface area contributed by atoms with Gasteiger partial charge in [-0.25, -0.2) is 0 Å². The number of para-hydroxylation sites is 2. The number of nitrogens with two attached hydrogens (primary N) is 1. The Morgan fingerprint density at radius 1 is 1.45 bits per heavy atom. The van der Waals surface area contributed by atoms with Crippen LogP contribution in [0.3, 0.4) is 0 Å². The lowest BCUT2D eigenvalue weighted by Crippen LogP contribution is -2.14. The Morgan fingerprint density at radius 2 is 2.25 bits per heavy atom. The van der Waals surface area contributed by atoms with E-state index < -0.39 is 0 Å². The van der Waals surface area contributed by atoms with Gasteiger partial charge in [-0.1, -0.05) is 25.5 Å². The Balaban J connectivity index is 2.09. The molecular weight excluding hydrogens is 256 g/mol. The van der Waals surface area contributed by atoms with E-state index in [0.717, 1.165) is 12.8 Å². The summed E-state index contributed by atoms with van der Waals surface area (Å²) in [7, 11) is 0. The number of hydrogen-bond acceptors (Lipinski definition) is 4. The molecule has 0 saturated heterocycles. The Hall–Kier alpha value is -2.50. The third kappa shape index (κ3) is 3.28. The highest BCUT2D eigenvalue weighted by atomic mass is 16.5. The molecule has 0 aliphatic carbocycles. The summed E-state index contributed by atoms with van der Waals surface area (Å²) in [5.74, 6) is 0.575. The quantitative estimate of drug-likeness (QED) is 0.705. The van der Waals surface area contributed by atoms with Crippen LogP contribution in [0.4, 0.5) is 11.5 Å². The third-order valence-corrected chi connectivity index (χ3v) is 2.80. The maximum absolute atomic E-state index is 12.1. The molecule has 0 unspecified atom stereocenters. The number of benzene rings is 1. The Bertz CT molecular complexity index is 580. The highest BCUT2D eigenvalue weighted by molar-refractivity contribution is 6.07. The molecule has 0 saturated carbocycles. The number of nitrogen functional groups attached to an aromatic ring is 1. The lowest BCUT2D eigenvalue weighted by molar-refractivity contribution is 0.102. The van der Waals surface area contributed by atoms with E-state index in [1.54, 1.807) is 6.07 Å². The van der Waals surface area contributed by atoms with E-state index >= 15 is 0 Å². The fourth-order valence-electron chi connectivity index (χ4n) is 1.69. The van der Waals surface area contributed by atoms with Gasteiger partial charge in [0.05, 0.1) is 18.5 Å². The van der Waals surface area contributed by atoms with E-state index in [0.29, 0.717) is 23.6 Å². The number of aromatic amines is 1. The summed E-state index contributed by atoms with van der Waals surface area (Å²) in [5.41, 5.74) is 6.55. The van der Waals surface area contributed by atoms with Crippen molar-refractivity contribution in [3.05, 3.63) is 36.0 Å². The van der Waals surface area contributed by atoms with Gasteiger partial charge in [0.1, 0.15) is 17.1 Å². The highest BCUT2D eigenvalue weighted by Crippen LogP contribution is 2.25. The first-order valence-electron chi connectivity index (χ1n) is 6.54. The summed E-state index contributed by atoms with van der Waals surface area (Å²) in [6.45, 7) is 2.72. The van der Waals surface area contributed by atoms with E-state index in [1.165, 1.54) is 6.20 Å². The lowest BCUT2D eigenvalue weighted by atomic mass is 10.2. The molecule has 1 amide bonds. The van der Waals surface area contributed by atoms with Crippen LogP contribution in [0, 0.1) is 0 Å². The summed E-state index contributed by atoms with van der Waals surface area (Å²) < 4.78 is 5.66. The van der Waals surface area contributed by atoms with Gasteiger partial charge in [0.25, 0.3) is 5.91 Å². The summed E-state index contributed by atoms with van der Waals surface area (Å²) in [5, 5.41) is 9.03. The van der Waals surface area contributed by atoms with Crippen molar-refractivity contribution in [2.45, 2.75) is 19.8 Å². The van der Waals surface area contributed by atoms with Gasteiger partial charge < -0.3 is 15.8 Å². The number of nitrogens with one attached hydrogen (secondary N) is 2.